The maximum absolute atomic E-state index is 11.8. The average Bonchev–Trinajstić information content (AvgIpc) is 2.39. The summed E-state index contributed by atoms with van der Waals surface area (Å²) in [5.41, 5.74) is 6.91. The number of hydrogen-bond acceptors (Lipinski definition) is 4. The molecule has 2 rings (SSSR count). The van der Waals surface area contributed by atoms with E-state index in [0.717, 1.165) is 5.56 Å². The van der Waals surface area contributed by atoms with E-state index in [4.69, 9.17) is 11.0 Å². The fourth-order valence-electron chi connectivity index (χ4n) is 1.95. The molecule has 2 N–H and O–H groups in total. The summed E-state index contributed by atoms with van der Waals surface area (Å²) < 4.78 is 0. The number of nitrogens with zero attached hydrogens (tertiary/aromatic N) is 2. The van der Waals surface area contributed by atoms with Crippen molar-refractivity contribution < 1.29 is 9.59 Å². The van der Waals surface area contributed by atoms with Gasteiger partial charge in [0.25, 0.3) is 0 Å². The van der Waals surface area contributed by atoms with Gasteiger partial charge in [0.05, 0.1) is 24.2 Å². The predicted molar refractivity (Wildman–Crippen MR) is 63.9 cm³/mol. The van der Waals surface area contributed by atoms with E-state index in [1.165, 1.54) is 4.90 Å². The molecule has 0 aromatic heterocycles. The highest BCUT2D eigenvalue weighted by Gasteiger charge is 2.31. The van der Waals surface area contributed by atoms with Gasteiger partial charge in [-0.2, -0.15) is 5.26 Å². The van der Waals surface area contributed by atoms with Gasteiger partial charge in [0.2, 0.25) is 11.8 Å². The van der Waals surface area contributed by atoms with Crippen LogP contribution in [-0.2, 0) is 16.1 Å². The normalized spacial score (nSPS) is 19.8. The van der Waals surface area contributed by atoms with E-state index in [1.54, 1.807) is 24.3 Å². The van der Waals surface area contributed by atoms with E-state index in [0.29, 0.717) is 18.4 Å². The molecule has 0 saturated carbocycles. The lowest BCUT2D eigenvalue weighted by Gasteiger charge is -2.28. The molecule has 0 bridgehead atoms. The second-order valence-corrected chi connectivity index (χ2v) is 4.28. The third kappa shape index (κ3) is 2.39. The lowest BCUT2D eigenvalue weighted by Crippen LogP contribution is -2.50. The summed E-state index contributed by atoms with van der Waals surface area (Å²) >= 11 is 0. The first-order valence-electron chi connectivity index (χ1n) is 5.70. The molecule has 1 saturated heterocycles. The second-order valence-electron chi connectivity index (χ2n) is 4.28. The molecule has 1 fully saturated rings. The van der Waals surface area contributed by atoms with Crippen LogP contribution in [0.1, 0.15) is 24.0 Å². The Hall–Kier alpha value is -2.19. The number of carbonyl (C=O) groups is 2. The Balaban J connectivity index is 2.19. The van der Waals surface area contributed by atoms with Gasteiger partial charge in [-0.25, -0.2) is 0 Å². The van der Waals surface area contributed by atoms with Gasteiger partial charge in [-0.1, -0.05) is 12.1 Å². The molecule has 0 spiro atoms. The van der Waals surface area contributed by atoms with Crippen LogP contribution in [-0.4, -0.2) is 22.8 Å². The average molecular weight is 243 g/mol. The molecule has 1 aromatic rings. The molecule has 1 aliphatic heterocycles. The Morgan fingerprint density at radius 2 is 2.22 bits per heavy atom. The van der Waals surface area contributed by atoms with Crippen LogP contribution in [0.25, 0.3) is 0 Å². The molecule has 5 nitrogen and oxygen atoms in total. The van der Waals surface area contributed by atoms with E-state index >= 15 is 0 Å². The zero-order chi connectivity index (χ0) is 13.1. The highest BCUT2D eigenvalue weighted by atomic mass is 16.2. The number of carbonyl (C=O) groups excluding carboxylic acids is 2. The minimum absolute atomic E-state index is 0.181. The Labute approximate surface area is 105 Å². The number of nitrogens with two attached hydrogens (primary N) is 1. The van der Waals surface area contributed by atoms with Gasteiger partial charge in [0, 0.05) is 6.42 Å². The maximum Gasteiger partial charge on any atom is 0.246 e. The number of piperidine rings is 1. The van der Waals surface area contributed by atoms with Crippen molar-refractivity contribution in [3.05, 3.63) is 35.4 Å². The summed E-state index contributed by atoms with van der Waals surface area (Å²) in [4.78, 5) is 24.7. The molecule has 5 heteroatoms. The van der Waals surface area contributed by atoms with Crippen molar-refractivity contribution in [2.24, 2.45) is 5.73 Å². The summed E-state index contributed by atoms with van der Waals surface area (Å²) in [5.74, 6) is -0.544. The van der Waals surface area contributed by atoms with Gasteiger partial charge in [-0.05, 0) is 24.1 Å². The third-order valence-electron chi connectivity index (χ3n) is 2.95. The monoisotopic (exact) mass is 243 g/mol. The zero-order valence-electron chi connectivity index (χ0n) is 9.80. The van der Waals surface area contributed by atoms with Crippen molar-refractivity contribution in [2.45, 2.75) is 25.4 Å². The van der Waals surface area contributed by atoms with Gasteiger partial charge in [-0.15, -0.1) is 0 Å². The van der Waals surface area contributed by atoms with E-state index in [9.17, 15) is 9.59 Å². The van der Waals surface area contributed by atoms with Crippen molar-refractivity contribution >= 4 is 11.8 Å². The predicted octanol–water partition coefficient (Wildman–Crippen LogP) is 0.535. The molecule has 92 valence electrons. The minimum atomic E-state index is -0.596. The van der Waals surface area contributed by atoms with Gasteiger partial charge >= 0.3 is 0 Å². The second kappa shape index (κ2) is 4.98. The first-order chi connectivity index (χ1) is 8.61. The number of imide groups is 1. The van der Waals surface area contributed by atoms with E-state index in [-0.39, 0.29) is 18.4 Å². The Kier molecular flexibility index (Phi) is 3.40. The minimum Gasteiger partial charge on any atom is -0.320 e. The van der Waals surface area contributed by atoms with Crippen LogP contribution >= 0.6 is 0 Å². The molecular weight excluding hydrogens is 230 g/mol. The van der Waals surface area contributed by atoms with Crippen LogP contribution in [0.5, 0.6) is 0 Å². The molecule has 0 radical (unpaired) electrons. The largest absolute Gasteiger partial charge is 0.320 e. The zero-order valence-corrected chi connectivity index (χ0v) is 9.80. The van der Waals surface area contributed by atoms with Crippen LogP contribution in [0, 0.1) is 11.3 Å². The Bertz CT molecular complexity index is 533. The van der Waals surface area contributed by atoms with Gasteiger partial charge in [-0.3, -0.25) is 14.5 Å². The van der Waals surface area contributed by atoms with Gasteiger partial charge < -0.3 is 5.73 Å². The lowest BCUT2D eigenvalue weighted by atomic mass is 10.0. The highest BCUT2D eigenvalue weighted by molar-refractivity contribution is 6.00. The molecule has 1 aromatic carbocycles. The number of nitriles is 1. The quantitative estimate of drug-likeness (QED) is 0.768. The molecule has 1 heterocycles. The topological polar surface area (TPSA) is 87.2 Å². The molecule has 2 amide bonds. The van der Waals surface area contributed by atoms with E-state index < -0.39 is 6.04 Å². The summed E-state index contributed by atoms with van der Waals surface area (Å²) in [6.45, 7) is 0.181. The fraction of sp³-hybridized carbons (Fsp3) is 0.308. The summed E-state index contributed by atoms with van der Waals surface area (Å²) in [5, 5.41) is 8.80. The first kappa shape index (κ1) is 12.3. The molecular formula is C13H13N3O2. The van der Waals surface area contributed by atoms with Gasteiger partial charge in [0.15, 0.2) is 0 Å². The molecule has 1 atom stereocenters. The third-order valence-corrected chi connectivity index (χ3v) is 2.95. The number of likely N-dealkylation sites (tertiary alicyclic amines) is 1. The Morgan fingerprint density at radius 3 is 2.94 bits per heavy atom. The smallest absolute Gasteiger partial charge is 0.246 e. The highest BCUT2D eigenvalue weighted by Crippen LogP contribution is 2.16. The van der Waals surface area contributed by atoms with E-state index in [1.807, 2.05) is 6.07 Å². The van der Waals surface area contributed by atoms with Crippen molar-refractivity contribution in [3.63, 3.8) is 0 Å². The lowest BCUT2D eigenvalue weighted by molar-refractivity contribution is -0.149. The first-order valence-corrected chi connectivity index (χ1v) is 5.70. The standard InChI is InChI=1S/C13H13N3O2/c14-7-9-2-1-3-10(6-9)8-16-12(17)5-4-11(15)13(16)18/h1-3,6,11H,4-5,8,15H2. The van der Waals surface area contributed by atoms with Crippen molar-refractivity contribution in [1.82, 2.24) is 4.90 Å². The molecule has 1 unspecified atom stereocenters. The molecule has 0 aliphatic carbocycles. The van der Waals surface area contributed by atoms with Crippen molar-refractivity contribution in [3.8, 4) is 6.07 Å². The Morgan fingerprint density at radius 1 is 1.44 bits per heavy atom. The van der Waals surface area contributed by atoms with Crippen LogP contribution in [0.15, 0.2) is 24.3 Å². The van der Waals surface area contributed by atoms with Crippen LogP contribution < -0.4 is 5.73 Å². The van der Waals surface area contributed by atoms with Crippen molar-refractivity contribution in [1.29, 1.82) is 5.26 Å². The number of hydrogen-bond donors (Lipinski definition) is 1. The summed E-state index contributed by atoms with van der Waals surface area (Å²) in [6.07, 6.45) is 0.706. The number of amides is 2. The van der Waals surface area contributed by atoms with Gasteiger partial charge in [0.1, 0.15) is 0 Å². The maximum atomic E-state index is 11.8. The SMILES string of the molecule is N#Cc1cccc(CN2C(=O)CCC(N)C2=O)c1. The molecule has 1 aliphatic rings. The number of benzene rings is 1. The van der Waals surface area contributed by atoms with Crippen LogP contribution in [0.3, 0.4) is 0 Å². The van der Waals surface area contributed by atoms with E-state index in [2.05, 4.69) is 0 Å². The fourth-order valence-corrected chi connectivity index (χ4v) is 1.95. The summed E-state index contributed by atoms with van der Waals surface area (Å²) in [6, 6.07) is 8.28. The van der Waals surface area contributed by atoms with Crippen LogP contribution in [0.4, 0.5) is 0 Å². The number of rotatable bonds is 2. The van der Waals surface area contributed by atoms with Crippen LogP contribution in [0.2, 0.25) is 0 Å². The van der Waals surface area contributed by atoms with Crippen molar-refractivity contribution in [2.75, 3.05) is 0 Å². The molecule has 18 heavy (non-hydrogen) atoms. The summed E-state index contributed by atoms with van der Waals surface area (Å²) in [7, 11) is 0.